The Morgan fingerprint density at radius 1 is 0.234 bits per heavy atom. The lowest BCUT2D eigenvalue weighted by atomic mass is 9.75. The van der Waals surface area contributed by atoms with Crippen molar-refractivity contribution in [3.63, 3.8) is 0 Å². The molecule has 0 aromatic heterocycles. The molecule has 0 saturated carbocycles. The van der Waals surface area contributed by atoms with E-state index >= 15 is 0 Å². The molecule has 0 bridgehead atoms. The minimum atomic E-state index is 1.15. The van der Waals surface area contributed by atoms with Crippen LogP contribution in [0.5, 0.6) is 0 Å². The van der Waals surface area contributed by atoms with Gasteiger partial charge >= 0.3 is 0 Å². The molecule has 0 unspecified atom stereocenters. The molecule has 0 atom stereocenters. The van der Waals surface area contributed by atoms with Crippen LogP contribution in [0.15, 0.2) is 194 Å². The Kier molecular flexibility index (Phi) is 13.2. The van der Waals surface area contributed by atoms with Gasteiger partial charge in [0.05, 0.1) is 0 Å². The van der Waals surface area contributed by atoms with E-state index in [0.29, 0.717) is 0 Å². The average Bonchev–Trinajstić information content (AvgIpc) is 3.26. The van der Waals surface area contributed by atoms with E-state index in [1.165, 1.54) is 66.8 Å². The molecular formula is C64H58. The highest BCUT2D eigenvalue weighted by Gasteiger charge is 2.28. The average molecular weight is 827 g/mol. The summed E-state index contributed by atoms with van der Waals surface area (Å²) in [6.07, 6.45) is 4.83. The maximum Gasteiger partial charge on any atom is -0.00140 e. The number of hydrogen-bond donors (Lipinski definition) is 0. The summed E-state index contributed by atoms with van der Waals surface area (Å²) in [4.78, 5) is 0. The van der Waals surface area contributed by atoms with E-state index in [2.05, 4.69) is 262 Å². The van der Waals surface area contributed by atoms with Crippen LogP contribution >= 0.6 is 0 Å². The van der Waals surface area contributed by atoms with Crippen molar-refractivity contribution >= 4 is 45.6 Å². The zero-order valence-corrected chi connectivity index (χ0v) is 38.6. The Bertz CT molecular complexity index is 2910. The Morgan fingerprint density at radius 2 is 0.453 bits per heavy atom. The molecule has 64 heavy (non-hydrogen) atoms. The van der Waals surface area contributed by atoms with E-state index in [1.54, 1.807) is 0 Å². The van der Waals surface area contributed by atoms with Gasteiger partial charge in [0.1, 0.15) is 0 Å². The summed E-state index contributed by atoms with van der Waals surface area (Å²) < 4.78 is 0. The Morgan fingerprint density at radius 3 is 0.719 bits per heavy atom. The van der Waals surface area contributed by atoms with Crippen LogP contribution in [0.25, 0.3) is 45.6 Å². The minimum absolute atomic E-state index is 1.15. The number of aryl methyl sites for hydroxylation is 8. The van der Waals surface area contributed by atoms with Crippen molar-refractivity contribution < 1.29 is 0 Å². The third-order valence-corrected chi connectivity index (χ3v) is 11.9. The third-order valence-electron chi connectivity index (χ3n) is 11.9. The standard InChI is InChI=1S/C64H58/c1-43-17-9-25-51(33-43)41-59(53-27-11-19-45(3)35-53)61(55-29-13-21-47(5)37-55)63(57-31-15-23-49(7)39-57)64(58-32-16-24-50(8)40-58)62(56-30-14-22-48(6)38-56)60(54-28-12-20-46(4)36-54)42-52-26-10-18-44(2)34-52/h9-42H,1-8H3/b59-41+,60-42+,63-61-,64-62-. The first kappa shape index (κ1) is 43.4. The molecule has 0 aliphatic rings. The summed E-state index contributed by atoms with van der Waals surface area (Å²) in [6.45, 7) is 17.6. The quantitative estimate of drug-likeness (QED) is 0.0900. The second kappa shape index (κ2) is 19.4. The molecule has 8 rings (SSSR count). The lowest BCUT2D eigenvalue weighted by Gasteiger charge is -2.28. The second-order valence-corrected chi connectivity index (χ2v) is 17.7. The molecular weight excluding hydrogens is 769 g/mol. The molecule has 8 aromatic rings. The molecule has 0 amide bonds. The second-order valence-electron chi connectivity index (χ2n) is 17.7. The predicted octanol–water partition coefficient (Wildman–Crippen LogP) is 17.2. The van der Waals surface area contributed by atoms with Crippen LogP contribution in [-0.4, -0.2) is 0 Å². The van der Waals surface area contributed by atoms with Crippen molar-refractivity contribution in [2.45, 2.75) is 55.4 Å². The van der Waals surface area contributed by atoms with Gasteiger partial charge < -0.3 is 0 Å². The van der Waals surface area contributed by atoms with Crippen molar-refractivity contribution in [1.29, 1.82) is 0 Å². The molecule has 0 heterocycles. The fraction of sp³-hybridized carbons (Fsp3) is 0.125. The lowest BCUT2D eigenvalue weighted by molar-refractivity contribution is 1.41. The van der Waals surface area contributed by atoms with Crippen molar-refractivity contribution in [2.75, 3.05) is 0 Å². The first-order chi connectivity index (χ1) is 31.0. The predicted molar refractivity (Wildman–Crippen MR) is 279 cm³/mol. The number of benzene rings is 8. The highest BCUT2D eigenvalue weighted by Crippen LogP contribution is 2.51. The highest BCUT2D eigenvalue weighted by atomic mass is 14.3. The molecule has 8 aromatic carbocycles. The largest absolute Gasteiger partial charge is 0.0614 e. The topological polar surface area (TPSA) is 0 Å². The van der Waals surface area contributed by atoms with E-state index < -0.39 is 0 Å². The van der Waals surface area contributed by atoms with Crippen LogP contribution in [0.4, 0.5) is 0 Å². The summed E-state index contributed by atoms with van der Waals surface area (Å²) in [7, 11) is 0. The molecule has 314 valence electrons. The molecule has 0 spiro atoms. The Labute approximate surface area is 382 Å². The Hall–Kier alpha value is -7.28. The van der Waals surface area contributed by atoms with Crippen LogP contribution in [0.3, 0.4) is 0 Å². The van der Waals surface area contributed by atoms with E-state index in [4.69, 9.17) is 0 Å². The fourth-order valence-corrected chi connectivity index (χ4v) is 8.98. The molecule has 0 radical (unpaired) electrons. The van der Waals surface area contributed by atoms with Crippen molar-refractivity contribution in [1.82, 2.24) is 0 Å². The van der Waals surface area contributed by atoms with Gasteiger partial charge in [0.25, 0.3) is 0 Å². The smallest absolute Gasteiger partial charge is 0.00140 e. The third kappa shape index (κ3) is 10.2. The number of allylic oxidation sites excluding steroid dienone is 6. The van der Waals surface area contributed by atoms with E-state index in [-0.39, 0.29) is 0 Å². The highest BCUT2D eigenvalue weighted by molar-refractivity contribution is 6.35. The first-order valence-corrected chi connectivity index (χ1v) is 22.5. The molecule has 0 aliphatic carbocycles. The van der Waals surface area contributed by atoms with Gasteiger partial charge in [-0.15, -0.1) is 0 Å². The molecule has 0 saturated heterocycles. The van der Waals surface area contributed by atoms with Crippen molar-refractivity contribution in [3.8, 4) is 0 Å². The van der Waals surface area contributed by atoms with Gasteiger partial charge in [-0.25, -0.2) is 0 Å². The van der Waals surface area contributed by atoms with Crippen LogP contribution in [-0.2, 0) is 0 Å². The van der Waals surface area contributed by atoms with Crippen LogP contribution in [0, 0.1) is 55.4 Å². The van der Waals surface area contributed by atoms with Crippen molar-refractivity contribution in [3.05, 3.63) is 283 Å². The van der Waals surface area contributed by atoms with Gasteiger partial charge in [0, 0.05) is 0 Å². The monoisotopic (exact) mass is 826 g/mol. The molecule has 0 nitrogen and oxygen atoms in total. The lowest BCUT2D eigenvalue weighted by Crippen LogP contribution is -2.05. The summed E-state index contributed by atoms with van der Waals surface area (Å²) in [6, 6.07) is 72.3. The van der Waals surface area contributed by atoms with Gasteiger partial charge in [-0.1, -0.05) is 239 Å². The maximum absolute atomic E-state index is 2.42. The van der Waals surface area contributed by atoms with Gasteiger partial charge in [-0.2, -0.15) is 0 Å². The van der Waals surface area contributed by atoms with Gasteiger partial charge in [-0.3, -0.25) is 0 Å². The first-order valence-electron chi connectivity index (χ1n) is 22.5. The van der Waals surface area contributed by atoms with Gasteiger partial charge in [0.2, 0.25) is 0 Å². The van der Waals surface area contributed by atoms with E-state index in [9.17, 15) is 0 Å². The molecule has 0 N–H and O–H groups in total. The normalized spacial score (nSPS) is 12.8. The number of hydrogen-bond acceptors (Lipinski definition) is 0. The zero-order valence-electron chi connectivity index (χ0n) is 38.6. The van der Waals surface area contributed by atoms with Gasteiger partial charge in [0.15, 0.2) is 0 Å². The summed E-state index contributed by atoms with van der Waals surface area (Å²) >= 11 is 0. The minimum Gasteiger partial charge on any atom is -0.0614 e. The number of rotatable bonds is 11. The zero-order chi connectivity index (χ0) is 44.7. The Balaban J connectivity index is 1.71. The van der Waals surface area contributed by atoms with E-state index in [1.807, 2.05) is 0 Å². The van der Waals surface area contributed by atoms with E-state index in [0.717, 1.165) is 55.7 Å². The van der Waals surface area contributed by atoms with Gasteiger partial charge in [-0.05, 0) is 145 Å². The molecule has 0 heteroatoms. The summed E-state index contributed by atoms with van der Waals surface area (Å²) in [5.41, 5.74) is 25.9. The summed E-state index contributed by atoms with van der Waals surface area (Å²) in [5.74, 6) is 0. The van der Waals surface area contributed by atoms with Crippen LogP contribution < -0.4 is 0 Å². The molecule has 0 aliphatic heterocycles. The summed E-state index contributed by atoms with van der Waals surface area (Å²) in [5, 5.41) is 0. The molecule has 0 fully saturated rings. The fourth-order valence-electron chi connectivity index (χ4n) is 8.98. The van der Waals surface area contributed by atoms with Crippen LogP contribution in [0.2, 0.25) is 0 Å². The maximum atomic E-state index is 2.42. The van der Waals surface area contributed by atoms with Crippen LogP contribution in [0.1, 0.15) is 89.0 Å². The van der Waals surface area contributed by atoms with Crippen molar-refractivity contribution in [2.24, 2.45) is 0 Å². The SMILES string of the molecule is Cc1cccc(/C=C(/C(=C(\C(=C(/C(=C/c2cccc(C)c2)c2cccc(C)c2)c2cccc(C)c2)c2cccc(C)c2)c2cccc(C)c2)c2cccc(C)c2)c2cccc(C)c2)c1.